The van der Waals surface area contributed by atoms with Gasteiger partial charge < -0.3 is 14.4 Å². The van der Waals surface area contributed by atoms with Crippen molar-refractivity contribution in [3.63, 3.8) is 0 Å². The van der Waals surface area contributed by atoms with Crippen LogP contribution < -0.4 is 14.4 Å². The number of carbonyl (C=O) groups is 1. The molecule has 0 unspecified atom stereocenters. The highest BCUT2D eigenvalue weighted by Crippen LogP contribution is 2.35. The summed E-state index contributed by atoms with van der Waals surface area (Å²) < 4.78 is 12.3. The first-order valence-corrected chi connectivity index (χ1v) is 12.1. The highest BCUT2D eigenvalue weighted by molar-refractivity contribution is 8.00. The smallest absolute Gasteiger partial charge is 0.237 e. The van der Waals surface area contributed by atoms with Crippen molar-refractivity contribution in [3.8, 4) is 11.5 Å². The molecule has 4 heterocycles. The van der Waals surface area contributed by atoms with E-state index in [4.69, 9.17) is 9.47 Å². The third-order valence-electron chi connectivity index (χ3n) is 4.58. The maximum absolute atomic E-state index is 13.3. The molecule has 0 bridgehead atoms. The van der Waals surface area contributed by atoms with E-state index >= 15 is 0 Å². The number of thiophene rings is 2. The highest BCUT2D eigenvalue weighted by atomic mass is 32.2. The third kappa shape index (κ3) is 4.00. The fourth-order valence-corrected chi connectivity index (χ4v) is 5.67. The minimum atomic E-state index is 0.00777. The average molecular weight is 456 g/mol. The maximum Gasteiger partial charge on any atom is 0.237 e. The van der Waals surface area contributed by atoms with Gasteiger partial charge in [-0.25, -0.2) is 9.97 Å². The lowest BCUT2D eigenvalue weighted by Crippen LogP contribution is -2.31. The lowest BCUT2D eigenvalue weighted by atomic mass is 10.2. The second kappa shape index (κ2) is 8.63. The summed E-state index contributed by atoms with van der Waals surface area (Å²) in [5.41, 5.74) is 1.70. The number of ether oxygens (including phenoxy) is 2. The summed E-state index contributed by atoms with van der Waals surface area (Å²) >= 11 is 4.67. The summed E-state index contributed by atoms with van der Waals surface area (Å²) in [6, 6.07) is 11.7. The van der Waals surface area contributed by atoms with Crippen LogP contribution in [0.4, 0.5) is 5.69 Å². The van der Waals surface area contributed by atoms with Crippen LogP contribution in [0.15, 0.2) is 58.5 Å². The fourth-order valence-electron chi connectivity index (χ4n) is 3.16. The normalized spacial score (nSPS) is 12.8. The number of rotatable bonds is 6. The van der Waals surface area contributed by atoms with E-state index in [0.29, 0.717) is 31.3 Å². The second-order valence-electron chi connectivity index (χ2n) is 6.49. The van der Waals surface area contributed by atoms with Crippen LogP contribution in [0, 0.1) is 0 Å². The van der Waals surface area contributed by atoms with Gasteiger partial charge in [-0.1, -0.05) is 17.8 Å². The Morgan fingerprint density at radius 2 is 1.97 bits per heavy atom. The number of aromatic nitrogens is 2. The quantitative estimate of drug-likeness (QED) is 0.306. The predicted molar refractivity (Wildman–Crippen MR) is 121 cm³/mol. The molecule has 4 aromatic rings. The number of hydrogen-bond acceptors (Lipinski definition) is 8. The van der Waals surface area contributed by atoms with Gasteiger partial charge in [-0.05, 0) is 35.0 Å². The maximum atomic E-state index is 13.3. The molecule has 30 heavy (non-hydrogen) atoms. The minimum absolute atomic E-state index is 0.00777. The molecule has 6 nitrogen and oxygen atoms in total. The van der Waals surface area contributed by atoms with E-state index in [0.717, 1.165) is 25.8 Å². The number of amides is 1. The van der Waals surface area contributed by atoms with Crippen LogP contribution in [-0.2, 0) is 11.3 Å². The second-order valence-corrected chi connectivity index (χ2v) is 9.40. The monoisotopic (exact) mass is 455 g/mol. The Kier molecular flexibility index (Phi) is 5.56. The molecule has 0 atom stereocenters. The zero-order valence-electron chi connectivity index (χ0n) is 15.8. The summed E-state index contributed by atoms with van der Waals surface area (Å²) in [6.07, 6.45) is 1.55. The number of hydrogen-bond donors (Lipinski definition) is 0. The lowest BCUT2D eigenvalue weighted by Gasteiger charge is -2.25. The van der Waals surface area contributed by atoms with Crippen LogP contribution in [-0.4, -0.2) is 34.8 Å². The van der Waals surface area contributed by atoms with E-state index < -0.39 is 0 Å². The van der Waals surface area contributed by atoms with Gasteiger partial charge in [-0.3, -0.25) is 4.79 Å². The van der Waals surface area contributed by atoms with Gasteiger partial charge in [0.1, 0.15) is 24.6 Å². The zero-order chi connectivity index (χ0) is 20.3. The van der Waals surface area contributed by atoms with Crippen molar-refractivity contribution in [3.05, 3.63) is 58.4 Å². The first-order chi connectivity index (χ1) is 14.8. The number of nitrogens with zero attached hydrogens (tertiary/aromatic N) is 3. The Hall–Kier alpha value is -2.62. The van der Waals surface area contributed by atoms with E-state index in [9.17, 15) is 4.79 Å². The van der Waals surface area contributed by atoms with Gasteiger partial charge in [0.15, 0.2) is 11.5 Å². The van der Waals surface area contributed by atoms with Gasteiger partial charge in [0.25, 0.3) is 0 Å². The molecule has 1 aromatic carbocycles. The van der Waals surface area contributed by atoms with Gasteiger partial charge in [0.05, 0.1) is 22.5 Å². The van der Waals surface area contributed by atoms with Gasteiger partial charge in [0.2, 0.25) is 5.91 Å². The molecular formula is C21H17N3O3S3. The van der Waals surface area contributed by atoms with E-state index in [2.05, 4.69) is 9.97 Å². The van der Waals surface area contributed by atoms with Crippen molar-refractivity contribution in [2.75, 3.05) is 23.9 Å². The molecule has 9 heteroatoms. The van der Waals surface area contributed by atoms with Gasteiger partial charge in [-0.15, -0.1) is 22.7 Å². The van der Waals surface area contributed by atoms with Gasteiger partial charge in [-0.2, -0.15) is 0 Å². The molecule has 1 aliphatic rings. The molecule has 0 aliphatic carbocycles. The molecule has 5 rings (SSSR count). The van der Waals surface area contributed by atoms with Crippen molar-refractivity contribution in [1.82, 2.24) is 9.97 Å². The largest absolute Gasteiger partial charge is 0.486 e. The number of benzene rings is 1. The number of anilines is 1. The Bertz CT molecular complexity index is 1180. The minimum Gasteiger partial charge on any atom is -0.486 e. The molecule has 152 valence electrons. The number of thioether (sulfide) groups is 1. The van der Waals surface area contributed by atoms with Gasteiger partial charge >= 0.3 is 0 Å². The summed E-state index contributed by atoms with van der Waals surface area (Å²) in [6.45, 7) is 1.56. The van der Waals surface area contributed by atoms with Crippen molar-refractivity contribution in [1.29, 1.82) is 0 Å². The van der Waals surface area contributed by atoms with Crippen LogP contribution in [0.2, 0.25) is 0 Å². The Morgan fingerprint density at radius 3 is 2.83 bits per heavy atom. The molecule has 0 N–H and O–H groups in total. The SMILES string of the molecule is O=C(CSc1ncnc2ccsc12)N(Cc1cccs1)c1ccc2c(c1)OCCO2. The van der Waals surface area contributed by atoms with Crippen molar-refractivity contribution < 1.29 is 14.3 Å². The van der Waals surface area contributed by atoms with E-state index in [1.54, 1.807) is 33.9 Å². The third-order valence-corrected chi connectivity index (χ3v) is 7.45. The van der Waals surface area contributed by atoms with E-state index in [-0.39, 0.29) is 11.7 Å². The first-order valence-electron chi connectivity index (χ1n) is 9.31. The highest BCUT2D eigenvalue weighted by Gasteiger charge is 2.21. The first kappa shape index (κ1) is 19.3. The molecule has 0 spiro atoms. The van der Waals surface area contributed by atoms with E-state index in [1.807, 2.05) is 47.2 Å². The van der Waals surface area contributed by atoms with Crippen LogP contribution in [0.5, 0.6) is 11.5 Å². The summed E-state index contributed by atoms with van der Waals surface area (Å²) in [4.78, 5) is 24.8. The molecule has 0 saturated carbocycles. The number of fused-ring (bicyclic) bond motifs is 2. The van der Waals surface area contributed by atoms with Crippen LogP contribution in [0.3, 0.4) is 0 Å². The standard InChI is InChI=1S/C21H17N3O3S3/c25-19(12-30-21-20-16(5-9-29-20)22-13-23-21)24(11-15-2-1-8-28-15)14-3-4-17-18(10-14)27-7-6-26-17/h1-5,8-10,13H,6-7,11-12H2. The zero-order valence-corrected chi connectivity index (χ0v) is 18.3. The molecule has 0 fully saturated rings. The summed E-state index contributed by atoms with van der Waals surface area (Å²) in [7, 11) is 0. The van der Waals surface area contributed by atoms with Crippen LogP contribution in [0.1, 0.15) is 4.88 Å². The Morgan fingerprint density at radius 1 is 1.07 bits per heavy atom. The van der Waals surface area contributed by atoms with Crippen molar-refractivity contribution >= 4 is 56.2 Å². The molecular weight excluding hydrogens is 438 g/mol. The fraction of sp³-hybridized carbons (Fsp3) is 0.190. The molecule has 0 saturated heterocycles. The van der Waals surface area contributed by atoms with Crippen LogP contribution in [0.25, 0.3) is 10.2 Å². The van der Waals surface area contributed by atoms with Crippen molar-refractivity contribution in [2.45, 2.75) is 11.6 Å². The Balaban J connectivity index is 1.40. The topological polar surface area (TPSA) is 64.6 Å². The predicted octanol–water partition coefficient (Wildman–Crippen LogP) is 4.85. The number of carbonyl (C=O) groups excluding carboxylic acids is 1. The molecule has 0 radical (unpaired) electrons. The van der Waals surface area contributed by atoms with E-state index in [1.165, 1.54) is 11.8 Å². The summed E-state index contributed by atoms with van der Waals surface area (Å²) in [5.74, 6) is 1.67. The Labute approximate surface area is 185 Å². The molecule has 1 aliphatic heterocycles. The lowest BCUT2D eigenvalue weighted by molar-refractivity contribution is -0.116. The van der Waals surface area contributed by atoms with Crippen LogP contribution >= 0.6 is 34.4 Å². The summed E-state index contributed by atoms with van der Waals surface area (Å²) in [5, 5.41) is 4.84. The molecule has 1 amide bonds. The molecule has 3 aromatic heterocycles. The van der Waals surface area contributed by atoms with Gasteiger partial charge in [0, 0.05) is 16.6 Å². The average Bonchev–Trinajstić information content (AvgIpc) is 3.47. The van der Waals surface area contributed by atoms with Crippen molar-refractivity contribution in [2.24, 2.45) is 0 Å².